The van der Waals surface area contributed by atoms with Gasteiger partial charge in [0.05, 0.1) is 19.8 Å². The van der Waals surface area contributed by atoms with E-state index < -0.39 is 0 Å². The third kappa shape index (κ3) is 5.39. The summed E-state index contributed by atoms with van der Waals surface area (Å²) in [7, 11) is 1.65. The van der Waals surface area contributed by atoms with Crippen LogP contribution in [0.4, 0.5) is 5.69 Å². The molecule has 5 heteroatoms. The molecule has 0 aromatic heterocycles. The largest absolute Gasteiger partial charge is 0.392 e. The quantitative estimate of drug-likeness (QED) is 0.697. The lowest BCUT2D eigenvalue weighted by Gasteiger charge is -2.11. The van der Waals surface area contributed by atoms with Crippen LogP contribution in [0.1, 0.15) is 16.7 Å². The van der Waals surface area contributed by atoms with E-state index in [1.165, 1.54) is 0 Å². The van der Waals surface area contributed by atoms with Gasteiger partial charge in [0.2, 0.25) is 5.91 Å². The molecule has 0 bridgehead atoms. The number of amides is 1. The second-order valence-electron chi connectivity index (χ2n) is 5.19. The summed E-state index contributed by atoms with van der Waals surface area (Å²) in [6, 6.07) is 15.2. The summed E-state index contributed by atoms with van der Waals surface area (Å²) >= 11 is 0. The number of anilines is 1. The lowest BCUT2D eigenvalue weighted by atomic mass is 10.1. The number of rotatable bonds is 8. The minimum atomic E-state index is -0.0911. The van der Waals surface area contributed by atoms with Gasteiger partial charge in [-0.2, -0.15) is 0 Å². The van der Waals surface area contributed by atoms with Gasteiger partial charge in [-0.05, 0) is 28.8 Å². The molecule has 0 atom stereocenters. The number of aliphatic hydroxyl groups is 1. The second kappa shape index (κ2) is 8.92. The Balaban J connectivity index is 1.83. The first-order valence-corrected chi connectivity index (χ1v) is 7.49. The Labute approximate surface area is 136 Å². The van der Waals surface area contributed by atoms with E-state index in [9.17, 15) is 4.79 Å². The number of ether oxygens (including phenoxy) is 1. The Morgan fingerprint density at radius 2 is 1.91 bits per heavy atom. The molecule has 5 nitrogen and oxygen atoms in total. The van der Waals surface area contributed by atoms with Crippen LogP contribution < -0.4 is 10.6 Å². The minimum absolute atomic E-state index is 0.0159. The van der Waals surface area contributed by atoms with E-state index in [4.69, 9.17) is 9.84 Å². The number of hydrogen-bond donors (Lipinski definition) is 3. The third-order valence-electron chi connectivity index (χ3n) is 3.46. The summed E-state index contributed by atoms with van der Waals surface area (Å²) in [5.74, 6) is -0.0911. The van der Waals surface area contributed by atoms with Crippen molar-refractivity contribution >= 4 is 11.6 Å². The Kier molecular flexibility index (Phi) is 6.59. The van der Waals surface area contributed by atoms with Gasteiger partial charge in [0.1, 0.15) is 0 Å². The van der Waals surface area contributed by atoms with Crippen LogP contribution in [0.2, 0.25) is 0 Å². The van der Waals surface area contributed by atoms with E-state index in [0.717, 1.165) is 22.4 Å². The summed E-state index contributed by atoms with van der Waals surface area (Å²) in [4.78, 5) is 12.0. The number of carbonyl (C=O) groups excluding carboxylic acids is 1. The molecule has 0 radical (unpaired) electrons. The van der Waals surface area contributed by atoms with E-state index in [2.05, 4.69) is 10.6 Å². The van der Waals surface area contributed by atoms with E-state index in [0.29, 0.717) is 13.2 Å². The monoisotopic (exact) mass is 314 g/mol. The summed E-state index contributed by atoms with van der Waals surface area (Å²) in [5.41, 5.74) is 3.74. The van der Waals surface area contributed by atoms with Crippen molar-refractivity contribution in [2.75, 3.05) is 19.0 Å². The average Bonchev–Trinajstić information content (AvgIpc) is 2.59. The molecule has 3 N–H and O–H groups in total. The van der Waals surface area contributed by atoms with Crippen LogP contribution in [0.25, 0.3) is 0 Å². The van der Waals surface area contributed by atoms with Gasteiger partial charge in [-0.25, -0.2) is 0 Å². The molecule has 0 saturated carbocycles. The molecule has 23 heavy (non-hydrogen) atoms. The molecular weight excluding hydrogens is 292 g/mol. The predicted molar refractivity (Wildman–Crippen MR) is 89.9 cm³/mol. The van der Waals surface area contributed by atoms with Crippen molar-refractivity contribution < 1.29 is 14.6 Å². The van der Waals surface area contributed by atoms with Crippen LogP contribution in [0.3, 0.4) is 0 Å². The van der Waals surface area contributed by atoms with E-state index in [1.54, 1.807) is 7.11 Å². The van der Waals surface area contributed by atoms with Crippen LogP contribution in [0.15, 0.2) is 48.5 Å². The van der Waals surface area contributed by atoms with Gasteiger partial charge in [0.25, 0.3) is 0 Å². The lowest BCUT2D eigenvalue weighted by Crippen LogP contribution is -2.29. The molecule has 0 fully saturated rings. The minimum Gasteiger partial charge on any atom is -0.392 e. The highest BCUT2D eigenvalue weighted by Crippen LogP contribution is 2.11. The number of hydrogen-bond acceptors (Lipinski definition) is 4. The van der Waals surface area contributed by atoms with Crippen LogP contribution in [-0.2, 0) is 29.3 Å². The maximum atomic E-state index is 12.0. The summed E-state index contributed by atoms with van der Waals surface area (Å²) in [6.45, 7) is 1.16. The molecular formula is C18H22N2O3. The van der Waals surface area contributed by atoms with Crippen LogP contribution in [0, 0.1) is 0 Å². The summed E-state index contributed by atoms with van der Waals surface area (Å²) in [5, 5.41) is 15.0. The predicted octanol–water partition coefficient (Wildman–Crippen LogP) is 2.05. The van der Waals surface area contributed by atoms with Crippen molar-refractivity contribution in [1.82, 2.24) is 5.32 Å². The maximum Gasteiger partial charge on any atom is 0.239 e. The van der Waals surface area contributed by atoms with Crippen molar-refractivity contribution in [1.29, 1.82) is 0 Å². The fourth-order valence-electron chi connectivity index (χ4n) is 2.24. The van der Waals surface area contributed by atoms with Crippen molar-refractivity contribution in [2.45, 2.75) is 19.8 Å². The molecule has 122 valence electrons. The second-order valence-corrected chi connectivity index (χ2v) is 5.19. The molecule has 0 heterocycles. The van der Waals surface area contributed by atoms with Crippen LogP contribution >= 0.6 is 0 Å². The van der Waals surface area contributed by atoms with Gasteiger partial charge < -0.3 is 20.5 Å². The molecule has 0 aliphatic rings. The lowest BCUT2D eigenvalue weighted by molar-refractivity contribution is -0.119. The molecule has 0 spiro atoms. The first-order chi connectivity index (χ1) is 11.2. The zero-order valence-electron chi connectivity index (χ0n) is 13.2. The van der Waals surface area contributed by atoms with Crippen LogP contribution in [0.5, 0.6) is 0 Å². The fraction of sp³-hybridized carbons (Fsp3) is 0.278. The highest BCUT2D eigenvalue weighted by atomic mass is 16.5. The molecule has 2 aromatic rings. The van der Waals surface area contributed by atoms with E-state index in [1.807, 2.05) is 48.5 Å². The first-order valence-electron chi connectivity index (χ1n) is 7.49. The molecule has 2 rings (SSSR count). The van der Waals surface area contributed by atoms with Gasteiger partial charge in [-0.15, -0.1) is 0 Å². The standard InChI is InChI=1S/C18H22N2O3/c1-23-13-16-7-3-2-6-15(16)10-20-18(22)11-19-17-8-4-5-14(9-17)12-21/h2-9,19,21H,10-13H2,1H3,(H,20,22). The molecule has 2 aromatic carbocycles. The zero-order valence-corrected chi connectivity index (χ0v) is 13.2. The highest BCUT2D eigenvalue weighted by Gasteiger charge is 2.05. The van der Waals surface area contributed by atoms with Crippen molar-refractivity contribution in [2.24, 2.45) is 0 Å². The zero-order chi connectivity index (χ0) is 16.5. The van der Waals surface area contributed by atoms with Gasteiger partial charge in [-0.3, -0.25) is 4.79 Å². The molecule has 0 saturated heterocycles. The van der Waals surface area contributed by atoms with E-state index >= 15 is 0 Å². The number of aliphatic hydroxyl groups excluding tert-OH is 1. The first kappa shape index (κ1) is 17.0. The Morgan fingerprint density at radius 3 is 2.65 bits per heavy atom. The molecule has 0 aliphatic carbocycles. The van der Waals surface area contributed by atoms with Gasteiger partial charge in [0, 0.05) is 19.3 Å². The van der Waals surface area contributed by atoms with Gasteiger partial charge in [-0.1, -0.05) is 36.4 Å². The molecule has 0 unspecified atom stereocenters. The number of carbonyl (C=O) groups is 1. The van der Waals surface area contributed by atoms with Crippen LogP contribution in [-0.4, -0.2) is 24.7 Å². The number of nitrogens with one attached hydrogen (secondary N) is 2. The number of methoxy groups -OCH3 is 1. The highest BCUT2D eigenvalue weighted by molar-refractivity contribution is 5.80. The van der Waals surface area contributed by atoms with Gasteiger partial charge in [0.15, 0.2) is 0 Å². The molecule has 1 amide bonds. The normalized spacial score (nSPS) is 10.3. The SMILES string of the molecule is COCc1ccccc1CNC(=O)CNc1cccc(CO)c1. The number of benzene rings is 2. The summed E-state index contributed by atoms with van der Waals surface area (Å²) in [6.07, 6.45) is 0. The van der Waals surface area contributed by atoms with Gasteiger partial charge >= 0.3 is 0 Å². The topological polar surface area (TPSA) is 70.6 Å². The van der Waals surface area contributed by atoms with Crippen molar-refractivity contribution in [3.8, 4) is 0 Å². The summed E-state index contributed by atoms with van der Waals surface area (Å²) < 4.78 is 5.16. The Bertz CT molecular complexity index is 644. The average molecular weight is 314 g/mol. The third-order valence-corrected chi connectivity index (χ3v) is 3.46. The van der Waals surface area contributed by atoms with Crippen molar-refractivity contribution in [3.63, 3.8) is 0 Å². The Morgan fingerprint density at radius 1 is 1.13 bits per heavy atom. The van der Waals surface area contributed by atoms with Crippen molar-refractivity contribution in [3.05, 3.63) is 65.2 Å². The smallest absolute Gasteiger partial charge is 0.239 e. The molecule has 0 aliphatic heterocycles. The fourth-order valence-corrected chi connectivity index (χ4v) is 2.24. The van der Waals surface area contributed by atoms with E-state index in [-0.39, 0.29) is 19.1 Å². The Hall–Kier alpha value is -2.37. The maximum absolute atomic E-state index is 12.0.